The molecule has 1 N–H and O–H groups in total. The van der Waals surface area contributed by atoms with Crippen molar-refractivity contribution in [2.24, 2.45) is 5.92 Å². The standard InChI is InChI=1S/C22H29N3O3S/c1-18-7-6-14-24(16-18)20-12-10-19(11-13-20)15-23-22(26)17-25(29(2,27)28)21-8-4-3-5-9-21/h3-5,8-13,18H,6-7,14-17H2,1-2H3,(H,23,26). The Bertz CT molecular complexity index is 914. The van der Waals surface area contributed by atoms with Crippen molar-refractivity contribution in [1.29, 1.82) is 0 Å². The summed E-state index contributed by atoms with van der Waals surface area (Å²) in [7, 11) is -3.55. The molecule has 1 amide bonds. The Balaban J connectivity index is 1.57. The summed E-state index contributed by atoms with van der Waals surface area (Å²) >= 11 is 0. The van der Waals surface area contributed by atoms with Crippen molar-refractivity contribution in [1.82, 2.24) is 5.32 Å². The Morgan fingerprint density at radius 2 is 1.83 bits per heavy atom. The maximum absolute atomic E-state index is 12.4. The highest BCUT2D eigenvalue weighted by Gasteiger charge is 2.20. The summed E-state index contributed by atoms with van der Waals surface area (Å²) < 4.78 is 25.3. The fraction of sp³-hybridized carbons (Fsp3) is 0.409. The zero-order chi connectivity index (χ0) is 20.9. The third kappa shape index (κ3) is 5.97. The van der Waals surface area contributed by atoms with Gasteiger partial charge in [0.15, 0.2) is 0 Å². The van der Waals surface area contributed by atoms with Gasteiger partial charge in [-0.25, -0.2) is 8.42 Å². The van der Waals surface area contributed by atoms with Crippen LogP contribution >= 0.6 is 0 Å². The van der Waals surface area contributed by atoms with Crippen LogP contribution in [-0.4, -0.2) is 40.2 Å². The number of rotatable bonds is 7. The lowest BCUT2D eigenvalue weighted by Gasteiger charge is -2.32. The molecule has 2 aromatic carbocycles. The van der Waals surface area contributed by atoms with Crippen LogP contribution in [0.4, 0.5) is 11.4 Å². The van der Waals surface area contributed by atoms with E-state index in [1.54, 1.807) is 30.3 Å². The number of nitrogens with zero attached hydrogens (tertiary/aromatic N) is 2. The van der Waals surface area contributed by atoms with Crippen molar-refractivity contribution in [3.05, 3.63) is 60.2 Å². The van der Waals surface area contributed by atoms with E-state index in [-0.39, 0.29) is 12.5 Å². The quantitative estimate of drug-likeness (QED) is 0.755. The van der Waals surface area contributed by atoms with E-state index in [1.807, 2.05) is 12.1 Å². The van der Waals surface area contributed by atoms with Crippen molar-refractivity contribution in [3.8, 4) is 0 Å². The molecule has 0 saturated carbocycles. The smallest absolute Gasteiger partial charge is 0.241 e. The number of piperidine rings is 1. The minimum atomic E-state index is -3.55. The number of nitrogens with one attached hydrogen (secondary N) is 1. The summed E-state index contributed by atoms with van der Waals surface area (Å²) in [5, 5.41) is 2.82. The number of para-hydroxylation sites is 1. The number of sulfonamides is 1. The van der Waals surface area contributed by atoms with Gasteiger partial charge in [0.05, 0.1) is 11.9 Å². The summed E-state index contributed by atoms with van der Waals surface area (Å²) in [4.78, 5) is 14.8. The molecule has 1 atom stereocenters. The van der Waals surface area contributed by atoms with E-state index in [9.17, 15) is 13.2 Å². The van der Waals surface area contributed by atoms with E-state index in [4.69, 9.17) is 0 Å². The average Bonchev–Trinajstić information content (AvgIpc) is 2.71. The Morgan fingerprint density at radius 1 is 1.14 bits per heavy atom. The van der Waals surface area contributed by atoms with Crippen LogP contribution in [0.5, 0.6) is 0 Å². The summed E-state index contributed by atoms with van der Waals surface area (Å²) in [5.74, 6) is 0.373. The normalized spacial score (nSPS) is 17.0. The monoisotopic (exact) mass is 415 g/mol. The first-order valence-corrected chi connectivity index (χ1v) is 11.8. The van der Waals surface area contributed by atoms with Crippen molar-refractivity contribution in [2.75, 3.05) is 35.1 Å². The lowest BCUT2D eigenvalue weighted by molar-refractivity contribution is -0.119. The number of carbonyl (C=O) groups excluding carboxylic acids is 1. The molecule has 0 aromatic heterocycles. The average molecular weight is 416 g/mol. The van der Waals surface area contributed by atoms with E-state index in [0.29, 0.717) is 18.2 Å². The molecule has 1 unspecified atom stereocenters. The van der Waals surface area contributed by atoms with Crippen LogP contribution in [0, 0.1) is 5.92 Å². The summed E-state index contributed by atoms with van der Waals surface area (Å²) in [6.45, 7) is 4.57. The highest BCUT2D eigenvalue weighted by atomic mass is 32.2. The third-order valence-electron chi connectivity index (χ3n) is 5.18. The van der Waals surface area contributed by atoms with Crippen LogP contribution in [0.3, 0.4) is 0 Å². The lowest BCUT2D eigenvalue weighted by Crippen LogP contribution is -2.40. The molecule has 156 valence electrons. The van der Waals surface area contributed by atoms with Gasteiger partial charge in [-0.05, 0) is 48.6 Å². The Hall–Kier alpha value is -2.54. The first kappa shape index (κ1) is 21.2. The summed E-state index contributed by atoms with van der Waals surface area (Å²) in [6, 6.07) is 16.9. The molecule has 7 heteroatoms. The second kappa shape index (κ2) is 9.31. The molecule has 3 rings (SSSR count). The number of hydrogen-bond donors (Lipinski definition) is 1. The molecule has 1 fully saturated rings. The van der Waals surface area contributed by atoms with Gasteiger partial charge < -0.3 is 10.2 Å². The summed E-state index contributed by atoms with van der Waals surface area (Å²) in [6.07, 6.45) is 3.61. The second-order valence-corrected chi connectivity index (χ2v) is 9.65. The van der Waals surface area contributed by atoms with E-state index in [2.05, 4.69) is 29.3 Å². The molecule has 29 heavy (non-hydrogen) atoms. The minimum absolute atomic E-state index is 0.243. The number of carbonyl (C=O) groups is 1. The first-order valence-electron chi connectivity index (χ1n) is 9.96. The van der Waals surface area contributed by atoms with Crippen LogP contribution in [0.15, 0.2) is 54.6 Å². The second-order valence-electron chi connectivity index (χ2n) is 7.74. The van der Waals surface area contributed by atoms with Crippen LogP contribution in [0.25, 0.3) is 0 Å². The Kier molecular flexibility index (Phi) is 6.79. The zero-order valence-electron chi connectivity index (χ0n) is 17.0. The molecule has 6 nitrogen and oxygen atoms in total. The highest BCUT2D eigenvalue weighted by Crippen LogP contribution is 2.23. The molecule has 1 aliphatic heterocycles. The van der Waals surface area contributed by atoms with Gasteiger partial charge in [0, 0.05) is 25.3 Å². The number of anilines is 2. The summed E-state index contributed by atoms with van der Waals surface area (Å²) in [5.41, 5.74) is 2.67. The van der Waals surface area contributed by atoms with Crippen molar-refractivity contribution < 1.29 is 13.2 Å². The molecule has 1 aliphatic rings. The fourth-order valence-electron chi connectivity index (χ4n) is 3.63. The van der Waals surface area contributed by atoms with Gasteiger partial charge in [0.25, 0.3) is 0 Å². The van der Waals surface area contributed by atoms with Crippen molar-refractivity contribution >= 4 is 27.3 Å². The van der Waals surface area contributed by atoms with E-state index < -0.39 is 10.0 Å². The molecule has 1 saturated heterocycles. The van der Waals surface area contributed by atoms with Crippen LogP contribution in [0.1, 0.15) is 25.3 Å². The van der Waals surface area contributed by atoms with Gasteiger partial charge in [0.1, 0.15) is 6.54 Å². The molecule has 0 aliphatic carbocycles. The van der Waals surface area contributed by atoms with Gasteiger partial charge in [-0.2, -0.15) is 0 Å². The van der Waals surface area contributed by atoms with E-state index >= 15 is 0 Å². The van der Waals surface area contributed by atoms with Crippen molar-refractivity contribution in [3.63, 3.8) is 0 Å². The van der Waals surface area contributed by atoms with Crippen LogP contribution < -0.4 is 14.5 Å². The topological polar surface area (TPSA) is 69.7 Å². The molecule has 2 aromatic rings. The van der Waals surface area contributed by atoms with Gasteiger partial charge in [-0.15, -0.1) is 0 Å². The molecular formula is C22H29N3O3S. The van der Waals surface area contributed by atoms with E-state index in [1.165, 1.54) is 18.5 Å². The van der Waals surface area contributed by atoms with E-state index in [0.717, 1.165) is 29.2 Å². The van der Waals surface area contributed by atoms with Gasteiger partial charge >= 0.3 is 0 Å². The zero-order valence-corrected chi connectivity index (χ0v) is 17.9. The van der Waals surface area contributed by atoms with Gasteiger partial charge in [-0.3, -0.25) is 9.10 Å². The number of hydrogen-bond acceptors (Lipinski definition) is 4. The fourth-order valence-corrected chi connectivity index (χ4v) is 4.49. The molecule has 0 bridgehead atoms. The van der Waals surface area contributed by atoms with Crippen molar-refractivity contribution in [2.45, 2.75) is 26.3 Å². The lowest BCUT2D eigenvalue weighted by atomic mass is 9.99. The largest absolute Gasteiger partial charge is 0.371 e. The first-order chi connectivity index (χ1) is 13.8. The Labute approximate surface area is 173 Å². The maximum Gasteiger partial charge on any atom is 0.241 e. The van der Waals surface area contributed by atoms with Crippen LogP contribution in [0.2, 0.25) is 0 Å². The molecular weight excluding hydrogens is 386 g/mol. The molecule has 1 heterocycles. The number of benzene rings is 2. The molecule has 0 spiro atoms. The van der Waals surface area contributed by atoms with Gasteiger partial charge in [-0.1, -0.05) is 37.3 Å². The molecule has 0 radical (unpaired) electrons. The highest BCUT2D eigenvalue weighted by molar-refractivity contribution is 7.92. The maximum atomic E-state index is 12.4. The SMILES string of the molecule is CC1CCCN(c2ccc(CNC(=O)CN(c3ccccc3)S(C)(=O)=O)cc2)C1. The number of amides is 1. The minimum Gasteiger partial charge on any atom is -0.371 e. The van der Waals surface area contributed by atoms with Gasteiger partial charge in [0.2, 0.25) is 15.9 Å². The predicted octanol–water partition coefficient (Wildman–Crippen LogP) is 3.01. The Morgan fingerprint density at radius 3 is 2.45 bits per heavy atom. The van der Waals surface area contributed by atoms with Crippen LogP contribution in [-0.2, 0) is 21.4 Å². The third-order valence-corrected chi connectivity index (χ3v) is 6.32. The predicted molar refractivity (Wildman–Crippen MR) is 118 cm³/mol.